The van der Waals surface area contributed by atoms with Crippen LogP contribution in [0.4, 0.5) is 4.39 Å². The molecular formula is C17H22FN3O2S. The molecule has 0 aliphatic carbocycles. The van der Waals surface area contributed by atoms with Gasteiger partial charge in [0.2, 0.25) is 10.0 Å². The van der Waals surface area contributed by atoms with Crippen LogP contribution in [-0.2, 0) is 17.1 Å². The lowest BCUT2D eigenvalue weighted by atomic mass is 10.1. The Morgan fingerprint density at radius 2 is 1.67 bits per heavy atom. The lowest BCUT2D eigenvalue weighted by Gasteiger charge is -2.37. The first-order valence-electron chi connectivity index (χ1n) is 7.99. The van der Waals surface area contributed by atoms with E-state index in [1.54, 1.807) is 42.2 Å². The van der Waals surface area contributed by atoms with Gasteiger partial charge < -0.3 is 4.57 Å². The molecule has 0 bridgehead atoms. The van der Waals surface area contributed by atoms with Crippen molar-refractivity contribution in [3.8, 4) is 0 Å². The van der Waals surface area contributed by atoms with E-state index in [2.05, 4.69) is 11.8 Å². The Morgan fingerprint density at radius 1 is 1.04 bits per heavy atom. The SMILES string of the molecule is C[C@@H](c1ccc(F)cc1)N1CCN(S(=O)(=O)c2ccn(C)c2)CC1. The summed E-state index contributed by atoms with van der Waals surface area (Å²) in [5.74, 6) is -0.246. The number of benzene rings is 1. The normalized spacial score (nSPS) is 18.6. The van der Waals surface area contributed by atoms with Gasteiger partial charge in [0.05, 0.1) is 4.90 Å². The van der Waals surface area contributed by atoms with E-state index >= 15 is 0 Å². The predicted molar refractivity (Wildman–Crippen MR) is 90.6 cm³/mol. The van der Waals surface area contributed by atoms with Gasteiger partial charge in [-0.15, -0.1) is 0 Å². The number of hydrogen-bond acceptors (Lipinski definition) is 3. The maximum absolute atomic E-state index is 13.0. The Labute approximate surface area is 142 Å². The number of nitrogens with zero attached hydrogens (tertiary/aromatic N) is 3. The number of sulfonamides is 1. The molecule has 1 aromatic heterocycles. The Bertz CT molecular complexity index is 793. The number of aromatic nitrogens is 1. The fraction of sp³-hybridized carbons (Fsp3) is 0.412. The Balaban J connectivity index is 1.66. The molecule has 0 unspecified atom stereocenters. The summed E-state index contributed by atoms with van der Waals surface area (Å²) in [6, 6.07) is 8.25. The fourth-order valence-corrected chi connectivity index (χ4v) is 4.54. The van der Waals surface area contributed by atoms with Crippen molar-refractivity contribution in [2.75, 3.05) is 26.2 Å². The molecule has 1 aromatic carbocycles. The summed E-state index contributed by atoms with van der Waals surface area (Å²) in [4.78, 5) is 2.56. The molecule has 0 spiro atoms. The van der Waals surface area contributed by atoms with E-state index in [0.717, 1.165) is 5.56 Å². The van der Waals surface area contributed by atoms with Gasteiger partial charge in [-0.1, -0.05) is 12.1 Å². The van der Waals surface area contributed by atoms with Crippen molar-refractivity contribution in [2.24, 2.45) is 7.05 Å². The molecule has 7 heteroatoms. The molecule has 1 saturated heterocycles. The zero-order valence-corrected chi connectivity index (χ0v) is 14.7. The first kappa shape index (κ1) is 17.1. The third-order valence-corrected chi connectivity index (χ3v) is 6.50. The predicted octanol–water partition coefficient (Wildman–Crippen LogP) is 2.23. The van der Waals surface area contributed by atoms with Gasteiger partial charge in [0.25, 0.3) is 0 Å². The van der Waals surface area contributed by atoms with Gasteiger partial charge in [0, 0.05) is 51.7 Å². The first-order valence-corrected chi connectivity index (χ1v) is 9.43. The van der Waals surface area contributed by atoms with Crippen LogP contribution in [-0.4, -0.2) is 48.4 Å². The standard InChI is InChI=1S/C17H22FN3O2S/c1-14(15-3-5-16(18)6-4-15)20-9-11-21(12-10-20)24(22,23)17-7-8-19(2)13-17/h3-8,13-14H,9-12H2,1-2H3/t14-/m0/s1. The van der Waals surface area contributed by atoms with Crippen LogP contribution in [0, 0.1) is 5.82 Å². The van der Waals surface area contributed by atoms with Gasteiger partial charge >= 0.3 is 0 Å². The average molecular weight is 351 g/mol. The van der Waals surface area contributed by atoms with Crippen molar-refractivity contribution in [1.82, 2.24) is 13.8 Å². The Morgan fingerprint density at radius 3 is 2.21 bits per heavy atom. The number of halogens is 1. The Hall–Kier alpha value is -1.70. The molecule has 5 nitrogen and oxygen atoms in total. The summed E-state index contributed by atoms with van der Waals surface area (Å²) in [5.41, 5.74) is 1.04. The van der Waals surface area contributed by atoms with E-state index in [0.29, 0.717) is 31.1 Å². The van der Waals surface area contributed by atoms with Gasteiger partial charge in [-0.2, -0.15) is 4.31 Å². The van der Waals surface area contributed by atoms with Gasteiger partial charge in [0.1, 0.15) is 5.82 Å². The quantitative estimate of drug-likeness (QED) is 0.849. The Kier molecular flexibility index (Phi) is 4.76. The molecule has 3 rings (SSSR count). The van der Waals surface area contributed by atoms with E-state index in [1.807, 2.05) is 0 Å². The van der Waals surface area contributed by atoms with Crippen LogP contribution in [0.1, 0.15) is 18.5 Å². The van der Waals surface area contributed by atoms with Crippen LogP contribution in [0.5, 0.6) is 0 Å². The number of aryl methyl sites for hydroxylation is 1. The molecular weight excluding hydrogens is 329 g/mol. The van der Waals surface area contributed by atoms with Crippen molar-refractivity contribution < 1.29 is 12.8 Å². The summed E-state index contributed by atoms with van der Waals surface area (Å²) in [5, 5.41) is 0. The molecule has 0 radical (unpaired) electrons. The molecule has 1 atom stereocenters. The highest BCUT2D eigenvalue weighted by atomic mass is 32.2. The highest BCUT2D eigenvalue weighted by Gasteiger charge is 2.30. The summed E-state index contributed by atoms with van der Waals surface area (Å²) in [6.45, 7) is 4.30. The number of hydrogen-bond donors (Lipinski definition) is 0. The molecule has 24 heavy (non-hydrogen) atoms. The zero-order chi connectivity index (χ0) is 17.3. The minimum absolute atomic E-state index is 0.132. The van der Waals surface area contributed by atoms with Crippen molar-refractivity contribution >= 4 is 10.0 Å². The minimum Gasteiger partial charge on any atom is -0.356 e. The molecule has 1 aliphatic rings. The van der Waals surface area contributed by atoms with Crippen molar-refractivity contribution in [2.45, 2.75) is 17.9 Å². The van der Waals surface area contributed by atoms with E-state index in [-0.39, 0.29) is 11.9 Å². The molecule has 1 fully saturated rings. The maximum atomic E-state index is 13.0. The van der Waals surface area contributed by atoms with Crippen molar-refractivity contribution in [1.29, 1.82) is 0 Å². The molecule has 0 N–H and O–H groups in total. The summed E-state index contributed by atoms with van der Waals surface area (Å²) in [6.07, 6.45) is 3.36. The third kappa shape index (κ3) is 3.38. The molecule has 1 aliphatic heterocycles. The van der Waals surface area contributed by atoms with Crippen LogP contribution >= 0.6 is 0 Å². The second-order valence-electron chi connectivity index (χ2n) is 6.18. The molecule has 2 aromatic rings. The second kappa shape index (κ2) is 6.66. The maximum Gasteiger partial charge on any atom is 0.244 e. The first-order chi connectivity index (χ1) is 11.4. The lowest BCUT2D eigenvalue weighted by molar-refractivity contribution is 0.146. The number of piperazine rings is 1. The summed E-state index contributed by atoms with van der Waals surface area (Å²) >= 11 is 0. The summed E-state index contributed by atoms with van der Waals surface area (Å²) < 4.78 is 41.6. The monoisotopic (exact) mass is 351 g/mol. The summed E-state index contributed by atoms with van der Waals surface area (Å²) in [7, 11) is -1.62. The molecule has 2 heterocycles. The number of rotatable bonds is 4. The van der Waals surface area contributed by atoms with Gasteiger partial charge in [-0.25, -0.2) is 12.8 Å². The van der Waals surface area contributed by atoms with Gasteiger partial charge in [-0.05, 0) is 30.7 Å². The largest absolute Gasteiger partial charge is 0.356 e. The van der Waals surface area contributed by atoms with Crippen molar-refractivity contribution in [3.05, 3.63) is 54.1 Å². The fourth-order valence-electron chi connectivity index (χ4n) is 3.06. The minimum atomic E-state index is -3.42. The second-order valence-corrected chi connectivity index (χ2v) is 8.12. The highest BCUT2D eigenvalue weighted by Crippen LogP contribution is 2.24. The van der Waals surface area contributed by atoms with Gasteiger partial charge in [0.15, 0.2) is 0 Å². The van der Waals surface area contributed by atoms with Crippen LogP contribution < -0.4 is 0 Å². The van der Waals surface area contributed by atoms with Crippen LogP contribution in [0.15, 0.2) is 47.6 Å². The smallest absolute Gasteiger partial charge is 0.244 e. The zero-order valence-electron chi connectivity index (χ0n) is 13.9. The molecule has 0 saturated carbocycles. The third-order valence-electron chi connectivity index (χ3n) is 4.62. The molecule has 130 valence electrons. The van der Waals surface area contributed by atoms with Crippen molar-refractivity contribution in [3.63, 3.8) is 0 Å². The van der Waals surface area contributed by atoms with E-state index in [1.165, 1.54) is 16.4 Å². The highest BCUT2D eigenvalue weighted by molar-refractivity contribution is 7.89. The lowest BCUT2D eigenvalue weighted by Crippen LogP contribution is -2.49. The topological polar surface area (TPSA) is 45.6 Å². The van der Waals surface area contributed by atoms with E-state index in [4.69, 9.17) is 0 Å². The van der Waals surface area contributed by atoms with Crippen LogP contribution in [0.2, 0.25) is 0 Å². The average Bonchev–Trinajstić information content (AvgIpc) is 3.02. The van der Waals surface area contributed by atoms with Gasteiger partial charge in [-0.3, -0.25) is 4.90 Å². The van der Waals surface area contributed by atoms with E-state index < -0.39 is 10.0 Å². The van der Waals surface area contributed by atoms with Crippen LogP contribution in [0.25, 0.3) is 0 Å². The van der Waals surface area contributed by atoms with E-state index in [9.17, 15) is 12.8 Å². The molecule has 0 amide bonds. The van der Waals surface area contributed by atoms with Crippen LogP contribution in [0.3, 0.4) is 0 Å².